The fourth-order valence-corrected chi connectivity index (χ4v) is 4.09. The van der Waals surface area contributed by atoms with Gasteiger partial charge in [-0.2, -0.15) is 0 Å². The fraction of sp³-hybridized carbons (Fsp3) is 0.318. The maximum atomic E-state index is 12.4. The number of nitrogens with zero attached hydrogens (tertiary/aromatic N) is 4. The molecule has 3 aromatic rings. The van der Waals surface area contributed by atoms with Crippen molar-refractivity contribution < 1.29 is 23.9 Å². The molecule has 34 heavy (non-hydrogen) atoms. The van der Waals surface area contributed by atoms with E-state index in [1.54, 1.807) is 13.2 Å². The Bertz CT molecular complexity index is 1170. The number of nitro benzene ring substituents is 1. The summed E-state index contributed by atoms with van der Waals surface area (Å²) in [5.74, 6) is 1.97. The molecule has 0 spiro atoms. The molecule has 0 radical (unpaired) electrons. The van der Waals surface area contributed by atoms with Gasteiger partial charge in [0.2, 0.25) is 5.91 Å². The lowest BCUT2D eigenvalue weighted by Crippen LogP contribution is -2.27. The normalized spacial score (nSPS) is 10.6. The van der Waals surface area contributed by atoms with Crippen molar-refractivity contribution in [2.24, 2.45) is 0 Å². The third-order valence-electron chi connectivity index (χ3n) is 4.96. The van der Waals surface area contributed by atoms with Gasteiger partial charge in [-0.25, -0.2) is 0 Å². The zero-order valence-electron chi connectivity index (χ0n) is 19.2. The average molecular weight is 488 g/mol. The molecule has 1 amide bonds. The number of benzene rings is 2. The number of carbonyl (C=O) groups excluding carboxylic acids is 1. The lowest BCUT2D eigenvalue weighted by atomic mass is 10.1. The minimum absolute atomic E-state index is 0.0932. The molecule has 0 atom stereocenters. The van der Waals surface area contributed by atoms with Crippen LogP contribution in [0.2, 0.25) is 0 Å². The maximum Gasteiger partial charge on any atom is 0.276 e. The highest BCUT2D eigenvalue weighted by atomic mass is 32.2. The highest BCUT2D eigenvalue weighted by Crippen LogP contribution is 2.34. The Morgan fingerprint density at radius 1 is 1.09 bits per heavy atom. The molecule has 0 fully saturated rings. The molecule has 0 unspecified atom stereocenters. The number of aryl methyl sites for hydroxylation is 1. The Kier molecular flexibility index (Phi) is 8.30. The zero-order valence-corrected chi connectivity index (χ0v) is 20.0. The Balaban J connectivity index is 1.60. The molecule has 11 nitrogen and oxygen atoms in total. The van der Waals surface area contributed by atoms with Crippen LogP contribution in [0.1, 0.15) is 11.4 Å². The average Bonchev–Trinajstić information content (AvgIpc) is 3.22. The van der Waals surface area contributed by atoms with Crippen molar-refractivity contribution in [3.05, 3.63) is 57.9 Å². The number of thioether (sulfide) groups is 1. The molecule has 2 aromatic carbocycles. The van der Waals surface area contributed by atoms with Gasteiger partial charge in [0.05, 0.1) is 38.1 Å². The second-order valence-electron chi connectivity index (χ2n) is 7.04. The summed E-state index contributed by atoms with van der Waals surface area (Å²) in [5, 5.41) is 23.1. The van der Waals surface area contributed by atoms with E-state index in [4.69, 9.17) is 14.2 Å². The molecule has 0 bridgehead atoms. The maximum absolute atomic E-state index is 12.4. The molecule has 1 aromatic heterocycles. The minimum atomic E-state index is -0.483. The molecule has 180 valence electrons. The fourth-order valence-electron chi connectivity index (χ4n) is 3.26. The highest BCUT2D eigenvalue weighted by molar-refractivity contribution is 7.99. The smallest absolute Gasteiger partial charge is 0.276 e. The molecule has 0 aliphatic carbocycles. The molecule has 1 N–H and O–H groups in total. The SMILES string of the molecule is COc1ccc(-n2c(C)nnc2SCC(=O)NCCc2cc(OC)c(OC)cc2[N+](=O)[O-])cc1. The van der Waals surface area contributed by atoms with E-state index in [0.29, 0.717) is 22.3 Å². The summed E-state index contributed by atoms with van der Waals surface area (Å²) in [6.07, 6.45) is 0.258. The lowest BCUT2D eigenvalue weighted by molar-refractivity contribution is -0.385. The molecule has 0 aliphatic rings. The molecule has 1 heterocycles. The van der Waals surface area contributed by atoms with Crippen LogP contribution in [-0.2, 0) is 11.2 Å². The van der Waals surface area contributed by atoms with Gasteiger partial charge in [-0.1, -0.05) is 11.8 Å². The Morgan fingerprint density at radius 3 is 2.38 bits per heavy atom. The predicted molar refractivity (Wildman–Crippen MR) is 126 cm³/mol. The number of methoxy groups -OCH3 is 3. The van der Waals surface area contributed by atoms with Crippen molar-refractivity contribution in [1.29, 1.82) is 0 Å². The van der Waals surface area contributed by atoms with Gasteiger partial charge in [0.1, 0.15) is 11.6 Å². The number of amides is 1. The first-order chi connectivity index (χ1) is 16.4. The van der Waals surface area contributed by atoms with Crippen LogP contribution in [0, 0.1) is 17.0 Å². The van der Waals surface area contributed by atoms with Gasteiger partial charge in [0.25, 0.3) is 5.69 Å². The van der Waals surface area contributed by atoms with Crippen molar-refractivity contribution in [1.82, 2.24) is 20.1 Å². The monoisotopic (exact) mass is 487 g/mol. The molecule has 0 saturated carbocycles. The van der Waals surface area contributed by atoms with E-state index in [-0.39, 0.29) is 36.1 Å². The number of carbonyl (C=O) groups is 1. The van der Waals surface area contributed by atoms with E-state index in [1.807, 2.05) is 35.8 Å². The summed E-state index contributed by atoms with van der Waals surface area (Å²) in [4.78, 5) is 23.3. The van der Waals surface area contributed by atoms with Crippen LogP contribution in [0.5, 0.6) is 17.2 Å². The Morgan fingerprint density at radius 2 is 1.76 bits per heavy atom. The first-order valence-corrected chi connectivity index (χ1v) is 11.2. The number of rotatable bonds is 11. The second kappa shape index (κ2) is 11.4. The van der Waals surface area contributed by atoms with Crippen molar-refractivity contribution in [2.45, 2.75) is 18.5 Å². The molecule has 3 rings (SSSR count). The van der Waals surface area contributed by atoms with Crippen LogP contribution in [0.3, 0.4) is 0 Å². The number of hydrogen-bond donors (Lipinski definition) is 1. The summed E-state index contributed by atoms with van der Waals surface area (Å²) >= 11 is 1.25. The number of ether oxygens (including phenoxy) is 3. The summed E-state index contributed by atoms with van der Waals surface area (Å²) in [6.45, 7) is 2.05. The van der Waals surface area contributed by atoms with Crippen LogP contribution in [0.15, 0.2) is 41.6 Å². The molecule has 12 heteroatoms. The Hall–Kier alpha value is -3.80. The topological polar surface area (TPSA) is 131 Å². The van der Waals surface area contributed by atoms with Gasteiger partial charge < -0.3 is 19.5 Å². The first kappa shape index (κ1) is 24.8. The summed E-state index contributed by atoms with van der Waals surface area (Å²) in [5.41, 5.74) is 1.20. The summed E-state index contributed by atoms with van der Waals surface area (Å²) < 4.78 is 17.4. The number of nitrogens with one attached hydrogen (secondary N) is 1. The summed E-state index contributed by atoms with van der Waals surface area (Å²) in [7, 11) is 4.47. The third kappa shape index (κ3) is 5.76. The van der Waals surface area contributed by atoms with E-state index in [2.05, 4.69) is 15.5 Å². The van der Waals surface area contributed by atoms with Crippen molar-refractivity contribution >= 4 is 23.4 Å². The van der Waals surface area contributed by atoms with Gasteiger partial charge in [0, 0.05) is 17.8 Å². The van der Waals surface area contributed by atoms with Crippen molar-refractivity contribution in [3.8, 4) is 22.9 Å². The van der Waals surface area contributed by atoms with Crippen molar-refractivity contribution in [3.63, 3.8) is 0 Å². The molecule has 0 saturated heterocycles. The first-order valence-electron chi connectivity index (χ1n) is 10.2. The number of aromatic nitrogens is 3. The molecule has 0 aliphatic heterocycles. The Labute approximate surface area is 200 Å². The largest absolute Gasteiger partial charge is 0.497 e. The van der Waals surface area contributed by atoms with Gasteiger partial charge in [-0.15, -0.1) is 10.2 Å². The minimum Gasteiger partial charge on any atom is -0.497 e. The van der Waals surface area contributed by atoms with Gasteiger partial charge >= 0.3 is 0 Å². The van der Waals surface area contributed by atoms with Gasteiger partial charge in [-0.3, -0.25) is 19.5 Å². The van der Waals surface area contributed by atoms with E-state index in [1.165, 1.54) is 32.0 Å². The van der Waals surface area contributed by atoms with Crippen LogP contribution in [0.4, 0.5) is 5.69 Å². The quantitative estimate of drug-likeness (QED) is 0.246. The van der Waals surface area contributed by atoms with E-state index in [0.717, 1.165) is 11.4 Å². The predicted octanol–water partition coefficient (Wildman–Crippen LogP) is 2.96. The van der Waals surface area contributed by atoms with Crippen LogP contribution in [0.25, 0.3) is 5.69 Å². The highest BCUT2D eigenvalue weighted by Gasteiger charge is 2.19. The standard InChI is InChI=1S/C22H25N5O6S/c1-14-24-25-22(26(14)16-5-7-17(31-2)8-6-16)34-13-21(28)23-10-9-15-11-19(32-3)20(33-4)12-18(15)27(29)30/h5-8,11-12H,9-10,13H2,1-4H3,(H,23,28). The number of nitro groups is 1. The molecular formula is C22H25N5O6S. The third-order valence-corrected chi connectivity index (χ3v) is 5.89. The second-order valence-corrected chi connectivity index (χ2v) is 7.99. The lowest BCUT2D eigenvalue weighted by Gasteiger charge is -2.11. The van der Waals surface area contributed by atoms with Gasteiger partial charge in [0.15, 0.2) is 16.7 Å². The van der Waals surface area contributed by atoms with E-state index in [9.17, 15) is 14.9 Å². The van der Waals surface area contributed by atoms with E-state index >= 15 is 0 Å². The zero-order chi connectivity index (χ0) is 24.7. The summed E-state index contributed by atoms with van der Waals surface area (Å²) in [6, 6.07) is 10.3. The van der Waals surface area contributed by atoms with Crippen LogP contribution >= 0.6 is 11.8 Å². The van der Waals surface area contributed by atoms with Crippen LogP contribution < -0.4 is 19.5 Å². The van der Waals surface area contributed by atoms with E-state index < -0.39 is 4.92 Å². The van der Waals surface area contributed by atoms with Crippen molar-refractivity contribution in [2.75, 3.05) is 33.6 Å². The number of hydrogen-bond acceptors (Lipinski definition) is 9. The van der Waals surface area contributed by atoms with Gasteiger partial charge in [-0.05, 0) is 43.7 Å². The van der Waals surface area contributed by atoms with Crippen LogP contribution in [-0.4, -0.2) is 59.2 Å². The molecular weight excluding hydrogens is 462 g/mol.